The predicted octanol–water partition coefficient (Wildman–Crippen LogP) is 4.77. The first-order valence-corrected chi connectivity index (χ1v) is 7.33. The maximum Gasteiger partial charge on any atom is 0.399 e. The van der Waals surface area contributed by atoms with Crippen molar-refractivity contribution in [2.45, 2.75) is 32.9 Å². The van der Waals surface area contributed by atoms with Crippen molar-refractivity contribution in [3.8, 4) is 11.8 Å². The maximum atomic E-state index is 6.05. The van der Waals surface area contributed by atoms with E-state index in [0.29, 0.717) is 17.3 Å². The highest BCUT2D eigenvalue weighted by atomic mass is 79.9. The molecule has 0 aliphatic carbocycles. The second kappa shape index (κ2) is 6.16. The first-order chi connectivity index (χ1) is 9.33. The van der Waals surface area contributed by atoms with Gasteiger partial charge in [0.2, 0.25) is 0 Å². The zero-order valence-electron chi connectivity index (χ0n) is 11.5. The Labute approximate surface area is 131 Å². The van der Waals surface area contributed by atoms with E-state index in [1.54, 1.807) is 18.4 Å². The maximum absolute atomic E-state index is 6.05. The highest BCUT2D eigenvalue weighted by molar-refractivity contribution is 9.10. The second-order valence-corrected chi connectivity index (χ2v) is 6.71. The van der Waals surface area contributed by atoms with E-state index in [-0.39, 0.29) is 11.6 Å². The summed E-state index contributed by atoms with van der Waals surface area (Å²) < 4.78 is 11.7. The van der Waals surface area contributed by atoms with Gasteiger partial charge in [-0.25, -0.2) is 0 Å². The largest absolute Gasteiger partial charge is 0.417 e. The van der Waals surface area contributed by atoms with Gasteiger partial charge in [0.1, 0.15) is 6.26 Å². The van der Waals surface area contributed by atoms with Gasteiger partial charge in [-0.2, -0.15) is 4.98 Å². The van der Waals surface area contributed by atoms with Gasteiger partial charge in [-0.3, -0.25) is 0 Å². The van der Waals surface area contributed by atoms with Gasteiger partial charge in [0.15, 0.2) is 5.75 Å². The van der Waals surface area contributed by atoms with E-state index in [1.165, 1.54) is 0 Å². The molecule has 0 aliphatic rings. The third kappa shape index (κ3) is 4.51. The van der Waals surface area contributed by atoms with Gasteiger partial charge in [0.05, 0.1) is 10.7 Å². The van der Waals surface area contributed by atoms with Crippen LogP contribution in [0.4, 0.5) is 0 Å². The van der Waals surface area contributed by atoms with E-state index in [4.69, 9.17) is 20.8 Å². The molecule has 0 spiro atoms. The molecule has 0 unspecified atom stereocenters. The molecule has 0 aliphatic heterocycles. The number of oxazole rings is 1. The second-order valence-electron chi connectivity index (χ2n) is 5.39. The van der Waals surface area contributed by atoms with Gasteiger partial charge >= 0.3 is 6.08 Å². The molecule has 0 saturated heterocycles. The summed E-state index contributed by atoms with van der Waals surface area (Å²) in [5.41, 5.74) is 0.800. The summed E-state index contributed by atoms with van der Waals surface area (Å²) in [6.45, 7) is 6.88. The summed E-state index contributed by atoms with van der Waals surface area (Å²) in [7, 11) is 0. The number of rotatable bonds is 4. The molecular formula is C14H16BrClN2O2. The van der Waals surface area contributed by atoms with Crippen LogP contribution < -0.4 is 10.1 Å². The number of nitrogens with one attached hydrogen (secondary N) is 1. The Morgan fingerprint density at radius 3 is 2.85 bits per heavy atom. The lowest BCUT2D eigenvalue weighted by Crippen LogP contribution is -2.35. The SMILES string of the molecule is CC(C)(C)NCc1coc(Oc2cc(Br)ccc2Cl)n1. The van der Waals surface area contributed by atoms with Crippen LogP contribution in [0.25, 0.3) is 0 Å². The molecule has 1 aromatic carbocycles. The van der Waals surface area contributed by atoms with E-state index >= 15 is 0 Å². The van der Waals surface area contributed by atoms with Crippen molar-refractivity contribution in [3.05, 3.63) is 39.7 Å². The van der Waals surface area contributed by atoms with Crippen molar-refractivity contribution in [1.82, 2.24) is 10.3 Å². The van der Waals surface area contributed by atoms with Gasteiger partial charge in [0.25, 0.3) is 0 Å². The molecule has 0 amide bonds. The van der Waals surface area contributed by atoms with Crippen molar-refractivity contribution in [3.63, 3.8) is 0 Å². The van der Waals surface area contributed by atoms with Crippen molar-refractivity contribution < 1.29 is 9.15 Å². The number of hydrogen-bond donors (Lipinski definition) is 1. The lowest BCUT2D eigenvalue weighted by atomic mass is 10.1. The molecule has 1 heterocycles. The van der Waals surface area contributed by atoms with Crippen molar-refractivity contribution in [1.29, 1.82) is 0 Å². The average molecular weight is 360 g/mol. The fourth-order valence-corrected chi connectivity index (χ4v) is 1.92. The summed E-state index contributed by atoms with van der Waals surface area (Å²) in [5.74, 6) is 0.498. The minimum Gasteiger partial charge on any atom is -0.417 e. The molecule has 0 radical (unpaired) electrons. The van der Waals surface area contributed by atoms with Crippen LogP contribution >= 0.6 is 27.5 Å². The van der Waals surface area contributed by atoms with Gasteiger partial charge in [-0.1, -0.05) is 27.5 Å². The first-order valence-electron chi connectivity index (χ1n) is 6.16. The van der Waals surface area contributed by atoms with Crippen LogP contribution in [0.5, 0.6) is 11.8 Å². The van der Waals surface area contributed by atoms with Crippen LogP contribution in [0.15, 0.2) is 33.4 Å². The van der Waals surface area contributed by atoms with Gasteiger partial charge < -0.3 is 14.5 Å². The first kappa shape index (κ1) is 15.4. The lowest BCUT2D eigenvalue weighted by Gasteiger charge is -2.19. The molecule has 2 aromatic rings. The van der Waals surface area contributed by atoms with Gasteiger partial charge in [0, 0.05) is 16.6 Å². The topological polar surface area (TPSA) is 47.3 Å². The summed E-state index contributed by atoms with van der Waals surface area (Å²) in [6, 6.07) is 5.34. The molecule has 0 atom stereocenters. The lowest BCUT2D eigenvalue weighted by molar-refractivity contribution is 0.330. The van der Waals surface area contributed by atoms with Crippen molar-refractivity contribution >= 4 is 27.5 Å². The number of benzene rings is 1. The zero-order chi connectivity index (χ0) is 14.8. The monoisotopic (exact) mass is 358 g/mol. The summed E-state index contributed by atoms with van der Waals surface area (Å²) in [5, 5.41) is 3.82. The molecule has 0 fully saturated rings. The van der Waals surface area contributed by atoms with E-state index in [1.807, 2.05) is 6.07 Å². The Bertz CT molecular complexity index is 593. The summed E-state index contributed by atoms with van der Waals surface area (Å²) in [6.07, 6.45) is 1.75. The smallest absolute Gasteiger partial charge is 0.399 e. The molecule has 20 heavy (non-hydrogen) atoms. The fraction of sp³-hybridized carbons (Fsp3) is 0.357. The van der Waals surface area contributed by atoms with Crippen LogP contribution in [0.3, 0.4) is 0 Å². The van der Waals surface area contributed by atoms with Gasteiger partial charge in [-0.05, 0) is 39.0 Å². The Morgan fingerprint density at radius 1 is 1.40 bits per heavy atom. The Balaban J connectivity index is 2.04. The zero-order valence-corrected chi connectivity index (χ0v) is 13.9. The molecule has 0 saturated carbocycles. The number of halogens is 2. The summed E-state index contributed by atoms with van der Waals surface area (Å²) >= 11 is 9.41. The van der Waals surface area contributed by atoms with Crippen LogP contribution in [-0.4, -0.2) is 10.5 Å². The van der Waals surface area contributed by atoms with Crippen molar-refractivity contribution in [2.24, 2.45) is 0 Å². The van der Waals surface area contributed by atoms with Crippen LogP contribution in [0.1, 0.15) is 26.5 Å². The van der Waals surface area contributed by atoms with Crippen molar-refractivity contribution in [2.75, 3.05) is 0 Å². The van der Waals surface area contributed by atoms with Crippen LogP contribution in [0, 0.1) is 0 Å². The molecule has 0 bridgehead atoms. The minimum atomic E-state index is 0.0214. The fourth-order valence-electron chi connectivity index (χ4n) is 1.42. The summed E-state index contributed by atoms with van der Waals surface area (Å²) in [4.78, 5) is 4.25. The highest BCUT2D eigenvalue weighted by Crippen LogP contribution is 2.31. The molecule has 1 aromatic heterocycles. The van der Waals surface area contributed by atoms with Crippen LogP contribution in [0.2, 0.25) is 5.02 Å². The molecule has 1 N–H and O–H groups in total. The quantitative estimate of drug-likeness (QED) is 0.854. The molecule has 2 rings (SSSR count). The minimum absolute atomic E-state index is 0.0214. The van der Waals surface area contributed by atoms with E-state index < -0.39 is 0 Å². The number of ether oxygens (including phenoxy) is 1. The highest BCUT2D eigenvalue weighted by Gasteiger charge is 2.12. The van der Waals surface area contributed by atoms with E-state index in [9.17, 15) is 0 Å². The number of nitrogens with zero attached hydrogens (tertiary/aromatic N) is 1. The van der Waals surface area contributed by atoms with E-state index in [2.05, 4.69) is 47.0 Å². The molecular weight excluding hydrogens is 344 g/mol. The molecule has 6 heteroatoms. The molecule has 108 valence electrons. The Kier molecular flexibility index (Phi) is 4.73. The average Bonchev–Trinajstić information content (AvgIpc) is 2.78. The van der Waals surface area contributed by atoms with E-state index in [0.717, 1.165) is 10.2 Å². The predicted molar refractivity (Wildman–Crippen MR) is 82.3 cm³/mol. The third-order valence-electron chi connectivity index (χ3n) is 2.42. The Morgan fingerprint density at radius 2 is 2.15 bits per heavy atom. The normalized spacial score (nSPS) is 11.7. The standard InChI is InChI=1S/C14H16BrClN2O2/c1-14(2,3)17-7-10-8-19-13(18-10)20-12-6-9(15)4-5-11(12)16/h4-6,8,17H,7H2,1-3H3. The number of hydrogen-bond acceptors (Lipinski definition) is 4. The Hall–Kier alpha value is -1.04. The third-order valence-corrected chi connectivity index (χ3v) is 3.23. The number of aromatic nitrogens is 1. The van der Waals surface area contributed by atoms with Gasteiger partial charge in [-0.15, -0.1) is 0 Å². The molecule has 4 nitrogen and oxygen atoms in total. The van der Waals surface area contributed by atoms with Crippen LogP contribution in [-0.2, 0) is 6.54 Å².